The molecule has 0 radical (unpaired) electrons. The van der Waals surface area contributed by atoms with Crippen LogP contribution in [0.4, 0.5) is 0 Å². The van der Waals surface area contributed by atoms with Crippen LogP contribution in [-0.2, 0) is 0 Å². The number of rotatable bonds is 4. The summed E-state index contributed by atoms with van der Waals surface area (Å²) in [7, 11) is 2.18. The van der Waals surface area contributed by atoms with Crippen LogP contribution in [0, 0.1) is 0 Å². The first-order valence-corrected chi connectivity index (χ1v) is 9.81. The predicted molar refractivity (Wildman–Crippen MR) is 101 cm³/mol. The molecule has 0 aromatic rings. The Morgan fingerprint density at radius 3 is 2.57 bits per heavy atom. The Hall–Kier alpha value is -1.06. The summed E-state index contributed by atoms with van der Waals surface area (Å²) >= 11 is 0. The van der Waals surface area contributed by atoms with Crippen LogP contribution in [0.3, 0.4) is 0 Å². The van der Waals surface area contributed by atoms with Gasteiger partial charge in [-0.2, -0.15) is 0 Å². The smallest absolute Gasteiger partial charge is 0.0990 e. The molecule has 2 heterocycles. The number of likely N-dealkylation sites (tertiary alicyclic amines) is 1. The van der Waals surface area contributed by atoms with Crippen molar-refractivity contribution in [1.29, 1.82) is 0 Å². The lowest BCUT2D eigenvalue weighted by Crippen LogP contribution is -2.27. The van der Waals surface area contributed by atoms with Crippen molar-refractivity contribution in [2.75, 3.05) is 33.2 Å². The molecule has 23 heavy (non-hydrogen) atoms. The lowest BCUT2D eigenvalue weighted by Gasteiger charge is -2.21. The van der Waals surface area contributed by atoms with Crippen LogP contribution in [0.15, 0.2) is 9.98 Å². The summed E-state index contributed by atoms with van der Waals surface area (Å²) in [6.07, 6.45) is 15.2. The van der Waals surface area contributed by atoms with Crippen molar-refractivity contribution < 1.29 is 0 Å². The molecule has 4 heteroatoms. The average Bonchev–Trinajstić information content (AvgIpc) is 3.00. The lowest BCUT2D eigenvalue weighted by molar-refractivity contribution is 0.398. The summed E-state index contributed by atoms with van der Waals surface area (Å²) in [5, 5.41) is 0. The zero-order chi connectivity index (χ0) is 16.3. The second-order valence-corrected chi connectivity index (χ2v) is 7.13. The van der Waals surface area contributed by atoms with E-state index in [1.165, 1.54) is 89.7 Å². The van der Waals surface area contributed by atoms with Gasteiger partial charge in [-0.25, -0.2) is 0 Å². The molecule has 0 unspecified atom stereocenters. The van der Waals surface area contributed by atoms with Crippen LogP contribution in [0.25, 0.3) is 0 Å². The standard InChI is InChI=1S/C11H20N2.C8H16N2/c1-13-9-5-8-11(13)12-10-6-3-2-4-7-10;1-2-3-6-10-7-4-5-9-8-10/h10H,2-9H2,1H3;8H,2-7H2,1H3. The Kier molecular flexibility index (Phi) is 8.48. The van der Waals surface area contributed by atoms with Crippen molar-refractivity contribution in [1.82, 2.24) is 9.80 Å². The van der Waals surface area contributed by atoms with E-state index in [-0.39, 0.29) is 0 Å². The van der Waals surface area contributed by atoms with Crippen LogP contribution in [0.1, 0.15) is 71.1 Å². The van der Waals surface area contributed by atoms with E-state index in [4.69, 9.17) is 4.99 Å². The molecule has 0 N–H and O–H groups in total. The highest BCUT2D eigenvalue weighted by atomic mass is 15.2. The van der Waals surface area contributed by atoms with E-state index >= 15 is 0 Å². The normalized spacial score (nSPS) is 24.0. The zero-order valence-electron chi connectivity index (χ0n) is 15.3. The Balaban J connectivity index is 0.000000174. The SMILES string of the molecule is CCCCN1C=NCCC1.CN1CCCC1=NC1CCCCC1. The Labute approximate surface area is 143 Å². The van der Waals surface area contributed by atoms with Gasteiger partial charge in [0.15, 0.2) is 0 Å². The van der Waals surface area contributed by atoms with Gasteiger partial charge in [0, 0.05) is 39.6 Å². The van der Waals surface area contributed by atoms with Crippen molar-refractivity contribution in [2.45, 2.75) is 77.2 Å². The van der Waals surface area contributed by atoms with Gasteiger partial charge in [-0.15, -0.1) is 0 Å². The van der Waals surface area contributed by atoms with Crippen molar-refractivity contribution in [3.8, 4) is 0 Å². The highest BCUT2D eigenvalue weighted by Crippen LogP contribution is 2.22. The van der Waals surface area contributed by atoms with Gasteiger partial charge in [-0.1, -0.05) is 32.6 Å². The summed E-state index contributed by atoms with van der Waals surface area (Å²) in [6.45, 7) is 6.87. The topological polar surface area (TPSA) is 31.2 Å². The van der Waals surface area contributed by atoms with Crippen LogP contribution in [-0.4, -0.2) is 61.2 Å². The molecule has 1 aliphatic carbocycles. The Morgan fingerprint density at radius 1 is 1.13 bits per heavy atom. The maximum atomic E-state index is 4.86. The molecule has 2 fully saturated rings. The number of hydrogen-bond donors (Lipinski definition) is 0. The van der Waals surface area contributed by atoms with E-state index in [1.807, 2.05) is 6.34 Å². The van der Waals surface area contributed by atoms with Gasteiger partial charge < -0.3 is 9.80 Å². The molecule has 4 nitrogen and oxygen atoms in total. The molecular formula is C19H36N4. The maximum Gasteiger partial charge on any atom is 0.0990 e. The Bertz CT molecular complexity index is 372. The minimum absolute atomic E-state index is 0.657. The minimum atomic E-state index is 0.657. The molecule has 0 spiro atoms. The molecule has 3 rings (SSSR count). The predicted octanol–water partition coefficient (Wildman–Crippen LogP) is 3.96. The largest absolute Gasteiger partial charge is 0.363 e. The fourth-order valence-corrected chi connectivity index (χ4v) is 3.51. The van der Waals surface area contributed by atoms with Gasteiger partial charge in [-0.3, -0.25) is 9.98 Å². The highest BCUT2D eigenvalue weighted by molar-refractivity contribution is 5.83. The van der Waals surface area contributed by atoms with Gasteiger partial charge in [0.2, 0.25) is 0 Å². The summed E-state index contributed by atoms with van der Waals surface area (Å²) in [6, 6.07) is 0.657. The van der Waals surface area contributed by atoms with E-state index < -0.39 is 0 Å². The number of hydrogen-bond acceptors (Lipinski definition) is 3. The first-order valence-electron chi connectivity index (χ1n) is 9.81. The fourth-order valence-electron chi connectivity index (χ4n) is 3.51. The molecule has 0 aromatic carbocycles. The van der Waals surface area contributed by atoms with E-state index in [0.29, 0.717) is 6.04 Å². The third-order valence-electron chi connectivity index (χ3n) is 5.02. The third kappa shape index (κ3) is 6.92. The summed E-state index contributed by atoms with van der Waals surface area (Å²) in [5.41, 5.74) is 0. The number of amidine groups is 1. The second kappa shape index (κ2) is 10.7. The van der Waals surface area contributed by atoms with Crippen molar-refractivity contribution >= 4 is 12.2 Å². The first kappa shape index (κ1) is 18.3. The van der Waals surface area contributed by atoms with E-state index in [2.05, 4.69) is 28.8 Å². The first-order chi connectivity index (χ1) is 11.3. The number of nitrogens with zero attached hydrogens (tertiary/aromatic N) is 4. The molecule has 0 bridgehead atoms. The van der Waals surface area contributed by atoms with Crippen LogP contribution >= 0.6 is 0 Å². The molecule has 132 valence electrons. The van der Waals surface area contributed by atoms with Gasteiger partial charge >= 0.3 is 0 Å². The van der Waals surface area contributed by atoms with Gasteiger partial charge in [-0.05, 0) is 32.1 Å². The third-order valence-corrected chi connectivity index (χ3v) is 5.02. The molecular weight excluding hydrogens is 284 g/mol. The summed E-state index contributed by atoms with van der Waals surface area (Å²) in [4.78, 5) is 13.7. The molecule has 2 aliphatic heterocycles. The van der Waals surface area contributed by atoms with Crippen molar-refractivity contribution in [3.05, 3.63) is 0 Å². The number of aliphatic imine (C=N–C) groups is 2. The van der Waals surface area contributed by atoms with Gasteiger partial charge in [0.25, 0.3) is 0 Å². The van der Waals surface area contributed by atoms with Crippen molar-refractivity contribution in [3.63, 3.8) is 0 Å². The monoisotopic (exact) mass is 320 g/mol. The summed E-state index contributed by atoms with van der Waals surface area (Å²) in [5.74, 6) is 1.37. The van der Waals surface area contributed by atoms with E-state index in [1.54, 1.807) is 0 Å². The second-order valence-electron chi connectivity index (χ2n) is 7.13. The van der Waals surface area contributed by atoms with Crippen LogP contribution in [0.5, 0.6) is 0 Å². The zero-order valence-corrected chi connectivity index (χ0v) is 15.3. The van der Waals surface area contributed by atoms with Crippen LogP contribution < -0.4 is 0 Å². The van der Waals surface area contributed by atoms with Gasteiger partial charge in [0.05, 0.1) is 18.2 Å². The van der Waals surface area contributed by atoms with E-state index in [0.717, 1.165) is 6.54 Å². The average molecular weight is 321 g/mol. The molecule has 1 saturated carbocycles. The highest BCUT2D eigenvalue weighted by Gasteiger charge is 2.18. The fraction of sp³-hybridized carbons (Fsp3) is 0.895. The number of unbranched alkanes of at least 4 members (excludes halogenated alkanes) is 1. The Morgan fingerprint density at radius 2 is 1.96 bits per heavy atom. The molecule has 0 amide bonds. The van der Waals surface area contributed by atoms with E-state index in [9.17, 15) is 0 Å². The van der Waals surface area contributed by atoms with Gasteiger partial charge in [0.1, 0.15) is 0 Å². The molecule has 0 atom stereocenters. The maximum absolute atomic E-state index is 4.86. The summed E-state index contributed by atoms with van der Waals surface area (Å²) < 4.78 is 0. The van der Waals surface area contributed by atoms with Crippen molar-refractivity contribution in [2.24, 2.45) is 9.98 Å². The molecule has 0 aromatic heterocycles. The molecule has 3 aliphatic rings. The lowest BCUT2D eigenvalue weighted by atomic mass is 9.96. The van der Waals surface area contributed by atoms with Crippen LogP contribution in [0.2, 0.25) is 0 Å². The molecule has 1 saturated heterocycles. The quantitative estimate of drug-likeness (QED) is 0.785. The minimum Gasteiger partial charge on any atom is -0.363 e.